The molecule has 2 aliphatic rings. The second kappa shape index (κ2) is 8.46. The molecular weight excluding hydrogens is 420 g/mol. The molecule has 9 nitrogen and oxygen atoms in total. The van der Waals surface area contributed by atoms with E-state index in [0.29, 0.717) is 30.2 Å². The first-order valence-corrected chi connectivity index (χ1v) is 11.5. The fraction of sp³-hybridized carbons (Fsp3) is 0.458. The molecule has 33 heavy (non-hydrogen) atoms. The van der Waals surface area contributed by atoms with Gasteiger partial charge in [-0.1, -0.05) is 12.1 Å². The van der Waals surface area contributed by atoms with Gasteiger partial charge in [0.05, 0.1) is 22.3 Å². The zero-order valence-corrected chi connectivity index (χ0v) is 19.0. The Kier molecular flexibility index (Phi) is 5.47. The number of rotatable bonds is 4. The van der Waals surface area contributed by atoms with E-state index in [4.69, 9.17) is 0 Å². The Balaban J connectivity index is 1.29. The van der Waals surface area contributed by atoms with Crippen LogP contribution in [0.2, 0.25) is 0 Å². The zero-order valence-electron chi connectivity index (χ0n) is 19.0. The first kappa shape index (κ1) is 21.4. The van der Waals surface area contributed by atoms with Crippen molar-refractivity contribution in [3.63, 3.8) is 0 Å². The summed E-state index contributed by atoms with van der Waals surface area (Å²) in [5, 5.41) is 0. The molecule has 2 aromatic heterocycles. The Bertz CT molecular complexity index is 1290. The van der Waals surface area contributed by atoms with Crippen LogP contribution in [-0.2, 0) is 18.4 Å². The Morgan fingerprint density at radius 2 is 1.79 bits per heavy atom. The van der Waals surface area contributed by atoms with Gasteiger partial charge < -0.3 is 9.80 Å². The number of benzene rings is 1. The largest absolute Gasteiger partial charge is 0.340 e. The van der Waals surface area contributed by atoms with Gasteiger partial charge in [0.25, 0.3) is 5.91 Å². The Morgan fingerprint density at radius 3 is 2.52 bits per heavy atom. The van der Waals surface area contributed by atoms with Crippen LogP contribution in [0, 0.1) is 6.92 Å². The SMILES string of the molecule is Cc1nc([C@@H]2CCN(C(=O)Cn3c(=O)n(C)c4ccccc43)C2)ncc1C(=O)N1CCCC1. The number of fused-ring (bicyclic) bond motifs is 1. The molecule has 2 aliphatic heterocycles. The molecular formula is C24H28N6O3. The first-order chi connectivity index (χ1) is 15.9. The van der Waals surface area contributed by atoms with E-state index in [1.54, 1.807) is 22.7 Å². The van der Waals surface area contributed by atoms with Crippen molar-refractivity contribution in [2.24, 2.45) is 7.05 Å². The summed E-state index contributed by atoms with van der Waals surface area (Å²) in [6.07, 6.45) is 4.48. The van der Waals surface area contributed by atoms with Crippen molar-refractivity contribution >= 4 is 22.8 Å². The molecule has 4 heterocycles. The van der Waals surface area contributed by atoms with Crippen LogP contribution in [0.15, 0.2) is 35.3 Å². The molecule has 0 unspecified atom stereocenters. The molecule has 0 saturated carbocycles. The number of carbonyl (C=O) groups is 2. The van der Waals surface area contributed by atoms with E-state index in [0.717, 1.165) is 43.4 Å². The standard InChI is InChI=1S/C24H28N6O3/c1-16-18(23(32)28-10-5-6-11-28)13-25-22(26-16)17-9-12-29(14-17)21(31)15-30-20-8-4-3-7-19(20)27(2)24(30)33/h3-4,7-8,13,17H,5-6,9-12,14-15H2,1-2H3/t17-/m1/s1. The molecule has 9 heteroatoms. The summed E-state index contributed by atoms with van der Waals surface area (Å²) in [5.41, 5.74) is 2.61. The van der Waals surface area contributed by atoms with Crippen LogP contribution < -0.4 is 5.69 Å². The minimum Gasteiger partial charge on any atom is -0.340 e. The lowest BCUT2D eigenvalue weighted by Crippen LogP contribution is -2.35. The number of likely N-dealkylation sites (tertiary alicyclic amines) is 2. The summed E-state index contributed by atoms with van der Waals surface area (Å²) in [6, 6.07) is 7.48. The lowest BCUT2D eigenvalue weighted by atomic mass is 10.1. The normalized spacial score (nSPS) is 18.4. The second-order valence-corrected chi connectivity index (χ2v) is 8.97. The average molecular weight is 449 g/mol. The predicted molar refractivity (Wildman–Crippen MR) is 123 cm³/mol. The summed E-state index contributed by atoms with van der Waals surface area (Å²) in [4.78, 5) is 51.1. The fourth-order valence-electron chi connectivity index (χ4n) is 4.93. The molecule has 2 fully saturated rings. The van der Waals surface area contributed by atoms with Crippen LogP contribution in [0.5, 0.6) is 0 Å². The summed E-state index contributed by atoms with van der Waals surface area (Å²) in [7, 11) is 1.72. The highest BCUT2D eigenvalue weighted by Crippen LogP contribution is 2.26. The number of carbonyl (C=O) groups excluding carboxylic acids is 2. The molecule has 172 valence electrons. The third-order valence-corrected chi connectivity index (χ3v) is 6.87. The molecule has 1 atom stereocenters. The van der Waals surface area contributed by atoms with Crippen molar-refractivity contribution < 1.29 is 9.59 Å². The number of amides is 2. The summed E-state index contributed by atoms with van der Waals surface area (Å²) < 4.78 is 3.10. The van der Waals surface area contributed by atoms with E-state index < -0.39 is 0 Å². The van der Waals surface area contributed by atoms with Crippen LogP contribution in [-0.4, -0.2) is 66.9 Å². The van der Waals surface area contributed by atoms with Crippen LogP contribution in [0.25, 0.3) is 11.0 Å². The third-order valence-electron chi connectivity index (χ3n) is 6.87. The maximum atomic E-state index is 13.0. The lowest BCUT2D eigenvalue weighted by molar-refractivity contribution is -0.130. The monoisotopic (exact) mass is 448 g/mol. The van der Waals surface area contributed by atoms with E-state index in [1.165, 1.54) is 4.57 Å². The van der Waals surface area contributed by atoms with Crippen molar-refractivity contribution in [2.75, 3.05) is 26.2 Å². The summed E-state index contributed by atoms with van der Waals surface area (Å²) in [5.74, 6) is 0.602. The van der Waals surface area contributed by atoms with E-state index in [-0.39, 0.29) is 30.0 Å². The van der Waals surface area contributed by atoms with Crippen molar-refractivity contribution in [1.82, 2.24) is 28.9 Å². The molecule has 2 saturated heterocycles. The van der Waals surface area contributed by atoms with Crippen LogP contribution in [0.1, 0.15) is 47.1 Å². The van der Waals surface area contributed by atoms with Gasteiger partial charge in [-0.25, -0.2) is 14.8 Å². The predicted octanol–water partition coefficient (Wildman–Crippen LogP) is 1.69. The number of nitrogens with zero attached hydrogens (tertiary/aromatic N) is 6. The van der Waals surface area contributed by atoms with Gasteiger partial charge in [-0.3, -0.25) is 18.7 Å². The smallest absolute Gasteiger partial charge is 0.329 e. The van der Waals surface area contributed by atoms with Gasteiger partial charge in [-0.2, -0.15) is 0 Å². The maximum absolute atomic E-state index is 13.0. The minimum atomic E-state index is -0.197. The number of para-hydroxylation sites is 2. The molecule has 0 aliphatic carbocycles. The van der Waals surface area contributed by atoms with Gasteiger partial charge >= 0.3 is 5.69 Å². The quantitative estimate of drug-likeness (QED) is 0.606. The summed E-state index contributed by atoms with van der Waals surface area (Å²) in [6.45, 7) is 4.55. The van der Waals surface area contributed by atoms with Crippen molar-refractivity contribution in [3.8, 4) is 0 Å². The average Bonchev–Trinajstić information content (AvgIpc) is 3.57. The van der Waals surface area contributed by atoms with Gasteiger partial charge in [0, 0.05) is 45.3 Å². The maximum Gasteiger partial charge on any atom is 0.329 e. The highest BCUT2D eigenvalue weighted by Gasteiger charge is 2.31. The molecule has 3 aromatic rings. The highest BCUT2D eigenvalue weighted by atomic mass is 16.2. The van der Waals surface area contributed by atoms with Crippen molar-refractivity contribution in [2.45, 2.75) is 38.6 Å². The van der Waals surface area contributed by atoms with Gasteiger partial charge in [0.1, 0.15) is 12.4 Å². The first-order valence-electron chi connectivity index (χ1n) is 11.5. The zero-order chi connectivity index (χ0) is 23.1. The lowest BCUT2D eigenvalue weighted by Gasteiger charge is -2.18. The molecule has 0 bridgehead atoms. The molecule has 0 radical (unpaired) electrons. The number of hydrogen-bond acceptors (Lipinski definition) is 5. The number of aryl methyl sites for hydroxylation is 2. The van der Waals surface area contributed by atoms with Crippen LogP contribution in [0.4, 0.5) is 0 Å². The van der Waals surface area contributed by atoms with Crippen molar-refractivity contribution in [3.05, 3.63) is 58.0 Å². The Labute approximate surface area is 191 Å². The third kappa shape index (κ3) is 3.81. The second-order valence-electron chi connectivity index (χ2n) is 8.97. The van der Waals surface area contributed by atoms with Gasteiger partial charge in [0.15, 0.2) is 0 Å². The van der Waals surface area contributed by atoms with Crippen LogP contribution >= 0.6 is 0 Å². The van der Waals surface area contributed by atoms with E-state index in [9.17, 15) is 14.4 Å². The summed E-state index contributed by atoms with van der Waals surface area (Å²) >= 11 is 0. The van der Waals surface area contributed by atoms with Gasteiger partial charge in [-0.15, -0.1) is 0 Å². The van der Waals surface area contributed by atoms with Crippen LogP contribution in [0.3, 0.4) is 0 Å². The van der Waals surface area contributed by atoms with E-state index in [1.807, 2.05) is 36.1 Å². The molecule has 2 amide bonds. The van der Waals surface area contributed by atoms with Gasteiger partial charge in [-0.05, 0) is 38.3 Å². The van der Waals surface area contributed by atoms with E-state index >= 15 is 0 Å². The number of imidazole rings is 1. The van der Waals surface area contributed by atoms with Crippen molar-refractivity contribution in [1.29, 1.82) is 0 Å². The van der Waals surface area contributed by atoms with E-state index in [2.05, 4.69) is 9.97 Å². The Morgan fingerprint density at radius 1 is 1.06 bits per heavy atom. The molecule has 0 spiro atoms. The molecule has 1 aromatic carbocycles. The minimum absolute atomic E-state index is 0.000283. The Hall–Kier alpha value is -3.49. The molecule has 0 N–H and O–H groups in total. The highest BCUT2D eigenvalue weighted by molar-refractivity contribution is 5.95. The van der Waals surface area contributed by atoms with Gasteiger partial charge in [0.2, 0.25) is 5.91 Å². The topological polar surface area (TPSA) is 93.3 Å². The molecule has 5 rings (SSSR count). The number of hydrogen-bond donors (Lipinski definition) is 0. The fourth-order valence-corrected chi connectivity index (χ4v) is 4.93. The number of aromatic nitrogens is 4.